The zero-order chi connectivity index (χ0) is 26.6. The number of carbonyl (C=O) groups excluding carboxylic acids is 1. The Morgan fingerprint density at radius 3 is 2.26 bits per heavy atom. The van der Waals surface area contributed by atoms with Crippen molar-refractivity contribution in [3.63, 3.8) is 0 Å². The van der Waals surface area contributed by atoms with E-state index < -0.39 is 0 Å². The van der Waals surface area contributed by atoms with Gasteiger partial charge in [0.1, 0.15) is 5.75 Å². The Labute approximate surface area is 214 Å². The van der Waals surface area contributed by atoms with Crippen LogP contribution in [0.15, 0.2) is 61.7 Å². The maximum atomic E-state index is 12.8. The zero-order valence-corrected chi connectivity index (χ0v) is 23.2. The third-order valence-corrected chi connectivity index (χ3v) is 6.38. The Morgan fingerprint density at radius 1 is 1.11 bits per heavy atom. The minimum Gasteiger partial charge on any atom is -0.497 e. The van der Waals surface area contributed by atoms with Crippen LogP contribution >= 0.6 is 0 Å². The van der Waals surface area contributed by atoms with Gasteiger partial charge in [-0.2, -0.15) is 0 Å². The van der Waals surface area contributed by atoms with E-state index in [4.69, 9.17) is 4.74 Å². The summed E-state index contributed by atoms with van der Waals surface area (Å²) in [5, 5.41) is 3.62. The number of ether oxygens (including phenoxy) is 1. The average Bonchev–Trinajstić information content (AvgIpc) is 2.90. The molecule has 0 bridgehead atoms. The summed E-state index contributed by atoms with van der Waals surface area (Å²) < 4.78 is 5.52. The molecule has 5 nitrogen and oxygen atoms in total. The molecular weight excluding hydrogens is 434 g/mol. The molecule has 2 atom stereocenters. The number of hydrogen-bond donors (Lipinski definition) is 1. The number of hydrogen-bond acceptors (Lipinski definition) is 4. The van der Waals surface area contributed by atoms with E-state index in [0.717, 1.165) is 37.5 Å². The number of methoxy groups -OCH3 is 1. The lowest BCUT2D eigenvalue weighted by Crippen LogP contribution is -2.62. The van der Waals surface area contributed by atoms with Crippen LogP contribution in [0, 0.1) is 0 Å². The largest absolute Gasteiger partial charge is 0.497 e. The summed E-state index contributed by atoms with van der Waals surface area (Å²) in [5.74, 6) is 0.947. The van der Waals surface area contributed by atoms with Gasteiger partial charge in [-0.25, -0.2) is 0 Å². The second-order valence-corrected chi connectivity index (χ2v) is 9.03. The van der Waals surface area contributed by atoms with E-state index in [2.05, 4.69) is 74.5 Å². The first-order valence-electron chi connectivity index (χ1n) is 12.8. The van der Waals surface area contributed by atoms with Crippen LogP contribution < -0.4 is 10.1 Å². The van der Waals surface area contributed by atoms with Crippen molar-refractivity contribution in [1.29, 1.82) is 0 Å². The van der Waals surface area contributed by atoms with E-state index in [1.807, 2.05) is 50.8 Å². The second-order valence-electron chi connectivity index (χ2n) is 9.03. The summed E-state index contributed by atoms with van der Waals surface area (Å²) in [4.78, 5) is 17.2. The third-order valence-electron chi connectivity index (χ3n) is 6.38. The molecule has 1 heterocycles. The summed E-state index contributed by atoms with van der Waals surface area (Å²) >= 11 is 0. The number of nitrogens with zero attached hydrogens (tertiary/aromatic N) is 2. The molecule has 35 heavy (non-hydrogen) atoms. The van der Waals surface area contributed by atoms with Gasteiger partial charge < -0.3 is 15.0 Å². The fourth-order valence-electron chi connectivity index (χ4n) is 4.45. The molecule has 2 aromatic rings. The lowest BCUT2D eigenvalue weighted by atomic mass is 9.88. The van der Waals surface area contributed by atoms with Crippen LogP contribution in [0.2, 0.25) is 0 Å². The predicted molar refractivity (Wildman–Crippen MR) is 149 cm³/mol. The summed E-state index contributed by atoms with van der Waals surface area (Å²) in [6.07, 6.45) is 0. The molecule has 1 aliphatic rings. The summed E-state index contributed by atoms with van der Waals surface area (Å²) in [6.45, 7) is 24.1. The molecule has 0 saturated carbocycles. The summed E-state index contributed by atoms with van der Waals surface area (Å²) in [7, 11) is 1.71. The van der Waals surface area contributed by atoms with Gasteiger partial charge in [0.15, 0.2) is 0 Å². The molecule has 1 saturated heterocycles. The number of amides is 1. The highest BCUT2D eigenvalue weighted by Crippen LogP contribution is 2.37. The number of rotatable bonds is 7. The van der Waals surface area contributed by atoms with Crippen LogP contribution in [0.25, 0.3) is 0 Å². The molecule has 194 valence electrons. The number of piperazine rings is 1. The molecule has 2 aromatic carbocycles. The zero-order valence-electron chi connectivity index (χ0n) is 23.2. The van der Waals surface area contributed by atoms with E-state index in [1.54, 1.807) is 7.11 Å². The molecule has 2 unspecified atom stereocenters. The Balaban J connectivity index is 0.00000145. The van der Waals surface area contributed by atoms with Gasteiger partial charge in [0.05, 0.1) is 13.2 Å². The monoisotopic (exact) mass is 481 g/mol. The van der Waals surface area contributed by atoms with Crippen LogP contribution in [0.3, 0.4) is 0 Å². The minimum atomic E-state index is -0.0179. The van der Waals surface area contributed by atoms with Gasteiger partial charge in [-0.05, 0) is 70.0 Å². The highest BCUT2D eigenvalue weighted by atomic mass is 16.5. The fourth-order valence-corrected chi connectivity index (χ4v) is 4.45. The topological polar surface area (TPSA) is 44.8 Å². The molecule has 1 fully saturated rings. The van der Waals surface area contributed by atoms with Crippen LogP contribution in [0.1, 0.15) is 76.0 Å². The molecule has 3 rings (SSSR count). The molecular formula is C30H47N3O2. The Bertz CT molecular complexity index is 891. The molecule has 1 aliphatic heterocycles. The molecule has 0 aromatic heterocycles. The minimum absolute atomic E-state index is 0.0179. The maximum Gasteiger partial charge on any atom is 0.253 e. The van der Waals surface area contributed by atoms with Gasteiger partial charge in [-0.15, -0.1) is 13.2 Å². The van der Waals surface area contributed by atoms with Crippen molar-refractivity contribution in [1.82, 2.24) is 15.1 Å². The second kappa shape index (κ2) is 14.7. The first kappa shape index (κ1) is 30.4. The van der Waals surface area contributed by atoms with Crippen LogP contribution in [0.4, 0.5) is 0 Å². The van der Waals surface area contributed by atoms with Crippen LogP contribution in [-0.2, 0) is 0 Å². The summed E-state index contributed by atoms with van der Waals surface area (Å²) in [6, 6.07) is 17.0. The van der Waals surface area contributed by atoms with Crippen LogP contribution in [-0.4, -0.2) is 60.6 Å². The van der Waals surface area contributed by atoms with Crippen molar-refractivity contribution in [2.45, 2.75) is 66.1 Å². The van der Waals surface area contributed by atoms with Crippen molar-refractivity contribution >= 4 is 5.91 Å². The lowest BCUT2D eigenvalue weighted by molar-refractivity contribution is 0.0417. The van der Waals surface area contributed by atoms with Gasteiger partial charge in [0.2, 0.25) is 0 Å². The van der Waals surface area contributed by atoms with Gasteiger partial charge >= 0.3 is 0 Å². The average molecular weight is 482 g/mol. The SMILES string of the molecule is C=C.CC.CCN(CC)C(=O)c1ccc(C(c2cccc(OC)c2)N2CC(C)NCC2(C)C)cc1. The van der Waals surface area contributed by atoms with Gasteiger partial charge in [0.25, 0.3) is 5.91 Å². The van der Waals surface area contributed by atoms with Gasteiger partial charge in [-0.3, -0.25) is 9.69 Å². The number of carbonyl (C=O) groups is 1. The van der Waals surface area contributed by atoms with Crippen molar-refractivity contribution in [2.75, 3.05) is 33.3 Å². The van der Waals surface area contributed by atoms with Crippen LogP contribution in [0.5, 0.6) is 5.75 Å². The molecule has 1 amide bonds. The molecule has 1 N–H and O–H groups in total. The number of nitrogens with one attached hydrogen (secondary N) is 1. The van der Waals surface area contributed by atoms with Crippen molar-refractivity contribution in [2.24, 2.45) is 0 Å². The quantitative estimate of drug-likeness (QED) is 0.481. The third kappa shape index (κ3) is 7.68. The highest BCUT2D eigenvalue weighted by Gasteiger charge is 2.38. The van der Waals surface area contributed by atoms with Crippen molar-refractivity contribution < 1.29 is 9.53 Å². The Kier molecular flexibility index (Phi) is 12.8. The first-order valence-corrected chi connectivity index (χ1v) is 12.8. The van der Waals surface area contributed by atoms with E-state index in [-0.39, 0.29) is 17.5 Å². The predicted octanol–water partition coefficient (Wildman–Crippen LogP) is 6.17. The first-order chi connectivity index (χ1) is 16.8. The van der Waals surface area contributed by atoms with Crippen molar-refractivity contribution in [3.05, 3.63) is 78.4 Å². The van der Waals surface area contributed by atoms with E-state index in [0.29, 0.717) is 6.04 Å². The summed E-state index contributed by atoms with van der Waals surface area (Å²) in [5.41, 5.74) is 3.11. The fraction of sp³-hybridized carbons (Fsp3) is 0.500. The highest BCUT2D eigenvalue weighted by molar-refractivity contribution is 5.94. The van der Waals surface area contributed by atoms with E-state index in [1.165, 1.54) is 11.1 Å². The van der Waals surface area contributed by atoms with Gasteiger partial charge in [-0.1, -0.05) is 38.1 Å². The number of benzene rings is 2. The van der Waals surface area contributed by atoms with Crippen molar-refractivity contribution in [3.8, 4) is 5.75 Å². The lowest BCUT2D eigenvalue weighted by Gasteiger charge is -2.49. The molecule has 0 aliphatic carbocycles. The Morgan fingerprint density at radius 2 is 1.71 bits per heavy atom. The molecule has 0 spiro atoms. The molecule has 0 radical (unpaired) electrons. The van der Waals surface area contributed by atoms with E-state index >= 15 is 0 Å². The standard InChI is InChI=1S/C26H37N3O2.C2H6.C2H4/c1-7-28(8-2)25(30)21-14-12-20(13-15-21)24(22-10-9-11-23(16-22)31-6)29-17-19(3)27-18-26(29,4)5;2*1-2/h9-16,19,24,27H,7-8,17-18H2,1-6H3;1-2H3;1-2H2. The normalized spacial score (nSPS) is 17.7. The smallest absolute Gasteiger partial charge is 0.253 e. The van der Waals surface area contributed by atoms with Gasteiger partial charge in [0, 0.05) is 43.3 Å². The Hall–Kier alpha value is -2.63. The molecule has 5 heteroatoms. The van der Waals surface area contributed by atoms with E-state index in [9.17, 15) is 4.79 Å². The maximum absolute atomic E-state index is 12.8.